The van der Waals surface area contributed by atoms with E-state index in [9.17, 15) is 9.59 Å². The van der Waals surface area contributed by atoms with Gasteiger partial charge < -0.3 is 20.5 Å². The largest absolute Gasteiger partial charge is 0.481 e. The summed E-state index contributed by atoms with van der Waals surface area (Å²) in [5, 5.41) is 14.6. The van der Waals surface area contributed by atoms with Gasteiger partial charge in [-0.25, -0.2) is 0 Å². The van der Waals surface area contributed by atoms with Gasteiger partial charge in [0.05, 0.1) is 12.5 Å². The molecule has 6 nitrogen and oxygen atoms in total. The zero-order valence-corrected chi connectivity index (χ0v) is 11.3. The number of benzene rings is 1. The Hall–Kier alpha value is -2.08. The number of anilines is 1. The lowest BCUT2D eigenvalue weighted by molar-refractivity contribution is -0.140. The Morgan fingerprint density at radius 3 is 2.90 bits per heavy atom. The normalized spacial score (nSPS) is 17.9. The first-order valence-corrected chi connectivity index (χ1v) is 6.47. The smallest absolute Gasteiger partial charge is 0.306 e. The van der Waals surface area contributed by atoms with Gasteiger partial charge in [-0.15, -0.1) is 0 Å². The Balaban J connectivity index is 1.83. The van der Waals surface area contributed by atoms with Gasteiger partial charge >= 0.3 is 5.97 Å². The molecule has 1 aliphatic rings. The van der Waals surface area contributed by atoms with Gasteiger partial charge in [-0.3, -0.25) is 9.59 Å². The van der Waals surface area contributed by atoms with E-state index in [-0.39, 0.29) is 24.9 Å². The van der Waals surface area contributed by atoms with Gasteiger partial charge in [0.1, 0.15) is 6.04 Å². The molecule has 0 saturated heterocycles. The van der Waals surface area contributed by atoms with Crippen molar-refractivity contribution in [2.75, 3.05) is 19.0 Å². The number of carboxylic acids is 1. The number of nitrogens with one attached hydrogen (secondary N) is 2. The number of carboxylic acid groups (broad SMARTS) is 1. The van der Waals surface area contributed by atoms with Crippen molar-refractivity contribution in [3.63, 3.8) is 0 Å². The molecule has 1 amide bonds. The van der Waals surface area contributed by atoms with Crippen molar-refractivity contribution in [2.24, 2.45) is 0 Å². The minimum absolute atomic E-state index is 0.130. The molecule has 3 N–H and O–H groups in total. The van der Waals surface area contributed by atoms with E-state index in [1.165, 1.54) is 7.11 Å². The third kappa shape index (κ3) is 3.48. The summed E-state index contributed by atoms with van der Waals surface area (Å²) in [5.74, 6) is -1.09. The lowest BCUT2D eigenvalue weighted by Gasteiger charge is -2.16. The summed E-state index contributed by atoms with van der Waals surface area (Å²) in [7, 11) is 1.43. The molecule has 1 aromatic rings. The van der Waals surface area contributed by atoms with Crippen LogP contribution in [0.2, 0.25) is 0 Å². The van der Waals surface area contributed by atoms with Crippen LogP contribution in [0.1, 0.15) is 12.0 Å². The van der Waals surface area contributed by atoms with E-state index in [0.29, 0.717) is 6.42 Å². The van der Waals surface area contributed by atoms with Crippen LogP contribution in [0.25, 0.3) is 0 Å². The van der Waals surface area contributed by atoms with Crippen LogP contribution in [0.5, 0.6) is 0 Å². The van der Waals surface area contributed by atoms with Gasteiger partial charge in [-0.05, 0) is 11.6 Å². The summed E-state index contributed by atoms with van der Waals surface area (Å²) in [6.45, 7) is 0.191. The van der Waals surface area contributed by atoms with Crippen LogP contribution >= 0.6 is 0 Å². The molecule has 20 heavy (non-hydrogen) atoms. The highest BCUT2D eigenvalue weighted by Crippen LogP contribution is 2.24. The Bertz CT molecular complexity index is 479. The summed E-state index contributed by atoms with van der Waals surface area (Å²) in [6.07, 6.45) is -0.00605. The molecular weight excluding hydrogens is 260 g/mol. The fourth-order valence-corrected chi connectivity index (χ4v) is 2.23. The van der Waals surface area contributed by atoms with E-state index < -0.39 is 12.1 Å². The van der Waals surface area contributed by atoms with Crippen LogP contribution in [-0.2, 0) is 20.7 Å². The van der Waals surface area contributed by atoms with Gasteiger partial charge in [0.25, 0.3) is 0 Å². The Morgan fingerprint density at radius 1 is 1.50 bits per heavy atom. The fraction of sp³-hybridized carbons (Fsp3) is 0.429. The predicted octanol–water partition coefficient (Wildman–Crippen LogP) is 0.629. The zero-order valence-electron chi connectivity index (χ0n) is 11.3. The monoisotopic (exact) mass is 278 g/mol. The van der Waals surface area contributed by atoms with Gasteiger partial charge in [0.2, 0.25) is 5.91 Å². The van der Waals surface area contributed by atoms with Crippen LogP contribution in [0, 0.1) is 0 Å². The predicted molar refractivity (Wildman–Crippen MR) is 73.6 cm³/mol. The molecule has 0 radical (unpaired) electrons. The number of carbonyl (C=O) groups is 2. The van der Waals surface area contributed by atoms with E-state index >= 15 is 0 Å². The van der Waals surface area contributed by atoms with E-state index in [0.717, 1.165) is 11.3 Å². The molecule has 0 spiro atoms. The summed E-state index contributed by atoms with van der Waals surface area (Å²) >= 11 is 0. The van der Waals surface area contributed by atoms with Gasteiger partial charge in [-0.2, -0.15) is 0 Å². The number of rotatable bonds is 6. The van der Waals surface area contributed by atoms with Gasteiger partial charge in [0.15, 0.2) is 0 Å². The maximum atomic E-state index is 12.0. The summed E-state index contributed by atoms with van der Waals surface area (Å²) in [6, 6.07) is 7.46. The minimum Gasteiger partial charge on any atom is -0.481 e. The topological polar surface area (TPSA) is 87.7 Å². The maximum Gasteiger partial charge on any atom is 0.306 e. The number of methoxy groups -OCH3 is 1. The fourth-order valence-electron chi connectivity index (χ4n) is 2.23. The van der Waals surface area contributed by atoms with Crippen molar-refractivity contribution in [1.82, 2.24) is 5.32 Å². The number of hydrogen-bond acceptors (Lipinski definition) is 4. The first-order chi connectivity index (χ1) is 9.60. The van der Waals surface area contributed by atoms with Gasteiger partial charge in [-0.1, -0.05) is 18.2 Å². The molecule has 0 bridgehead atoms. The highest BCUT2D eigenvalue weighted by Gasteiger charge is 2.26. The third-order valence-electron chi connectivity index (χ3n) is 3.33. The maximum absolute atomic E-state index is 12.0. The van der Waals surface area contributed by atoms with Crippen LogP contribution in [-0.4, -0.2) is 42.8 Å². The zero-order chi connectivity index (χ0) is 14.5. The molecule has 2 atom stereocenters. The number of para-hydroxylation sites is 1. The molecule has 0 fully saturated rings. The average Bonchev–Trinajstić information content (AvgIpc) is 2.86. The molecule has 108 valence electrons. The number of hydrogen-bond donors (Lipinski definition) is 3. The van der Waals surface area contributed by atoms with Crippen molar-refractivity contribution in [1.29, 1.82) is 0 Å². The van der Waals surface area contributed by atoms with E-state index in [4.69, 9.17) is 9.84 Å². The number of amides is 1. The molecule has 6 heteroatoms. The summed E-state index contributed by atoms with van der Waals surface area (Å²) in [4.78, 5) is 22.7. The Labute approximate surface area is 117 Å². The third-order valence-corrected chi connectivity index (χ3v) is 3.33. The molecule has 0 aromatic heterocycles. The van der Waals surface area contributed by atoms with Crippen LogP contribution in [0.3, 0.4) is 0 Å². The van der Waals surface area contributed by atoms with Crippen molar-refractivity contribution >= 4 is 17.6 Å². The molecule has 1 aromatic carbocycles. The quantitative estimate of drug-likeness (QED) is 0.710. The highest BCUT2D eigenvalue weighted by atomic mass is 16.5. The SMILES string of the molecule is COC(CNC(=O)C1Cc2ccccc2N1)CC(=O)O. The molecule has 0 saturated carbocycles. The van der Waals surface area contributed by atoms with Crippen molar-refractivity contribution in [3.05, 3.63) is 29.8 Å². The van der Waals surface area contributed by atoms with E-state index in [2.05, 4.69) is 10.6 Å². The van der Waals surface area contributed by atoms with Crippen LogP contribution < -0.4 is 10.6 Å². The Kier molecular flexibility index (Phi) is 4.57. The number of aliphatic carboxylic acids is 1. The lowest BCUT2D eigenvalue weighted by atomic mass is 10.1. The lowest BCUT2D eigenvalue weighted by Crippen LogP contribution is -2.42. The molecule has 2 rings (SSSR count). The molecule has 1 aliphatic heterocycles. The van der Waals surface area contributed by atoms with Crippen LogP contribution in [0.4, 0.5) is 5.69 Å². The average molecular weight is 278 g/mol. The minimum atomic E-state index is -0.947. The standard InChI is InChI=1S/C14H18N2O4/c1-20-10(7-13(17)18)8-15-14(19)12-6-9-4-2-3-5-11(9)16-12/h2-5,10,12,16H,6-8H2,1H3,(H,15,19)(H,17,18). The van der Waals surface area contributed by atoms with Crippen LogP contribution in [0.15, 0.2) is 24.3 Å². The second-order valence-corrected chi connectivity index (χ2v) is 4.76. The van der Waals surface area contributed by atoms with E-state index in [1.807, 2.05) is 24.3 Å². The van der Waals surface area contributed by atoms with Crippen molar-refractivity contribution in [3.8, 4) is 0 Å². The Morgan fingerprint density at radius 2 is 2.25 bits per heavy atom. The molecule has 2 unspecified atom stereocenters. The molecule has 1 heterocycles. The molecule has 0 aliphatic carbocycles. The second kappa shape index (κ2) is 6.38. The number of ether oxygens (including phenoxy) is 1. The number of fused-ring (bicyclic) bond motifs is 1. The number of carbonyl (C=O) groups excluding carboxylic acids is 1. The first-order valence-electron chi connectivity index (χ1n) is 6.47. The van der Waals surface area contributed by atoms with E-state index in [1.54, 1.807) is 0 Å². The first kappa shape index (κ1) is 14.3. The van der Waals surface area contributed by atoms with Crippen molar-refractivity contribution in [2.45, 2.75) is 25.0 Å². The highest BCUT2D eigenvalue weighted by molar-refractivity contribution is 5.87. The van der Waals surface area contributed by atoms with Crippen molar-refractivity contribution < 1.29 is 19.4 Å². The molecular formula is C14H18N2O4. The summed E-state index contributed by atoms with van der Waals surface area (Å²) < 4.78 is 5.02. The van der Waals surface area contributed by atoms with Gasteiger partial charge in [0, 0.05) is 25.8 Å². The summed E-state index contributed by atoms with van der Waals surface area (Å²) in [5.41, 5.74) is 2.09. The second-order valence-electron chi connectivity index (χ2n) is 4.76.